The third-order valence-electron chi connectivity index (χ3n) is 3.02. The first kappa shape index (κ1) is 15.0. The molecule has 0 aliphatic heterocycles. The highest BCUT2D eigenvalue weighted by Crippen LogP contribution is 2.18. The van der Waals surface area contributed by atoms with Gasteiger partial charge in [-0.15, -0.1) is 11.3 Å². The van der Waals surface area contributed by atoms with Gasteiger partial charge in [0.1, 0.15) is 0 Å². The molecule has 0 saturated carbocycles. The van der Waals surface area contributed by atoms with Crippen molar-refractivity contribution in [2.75, 3.05) is 0 Å². The molecule has 0 fully saturated rings. The van der Waals surface area contributed by atoms with Gasteiger partial charge in [0.15, 0.2) is 0 Å². The van der Waals surface area contributed by atoms with Crippen LogP contribution in [0.4, 0.5) is 0 Å². The number of amides is 1. The van der Waals surface area contributed by atoms with Crippen LogP contribution >= 0.6 is 11.3 Å². The summed E-state index contributed by atoms with van der Waals surface area (Å²) in [6.45, 7) is 2.35. The highest BCUT2D eigenvalue weighted by atomic mass is 32.1. The number of carboxylic acid groups (broad SMARTS) is 1. The number of nitrogens with zero attached hydrogens (tertiary/aromatic N) is 2. The lowest BCUT2D eigenvalue weighted by Gasteiger charge is -2.03. The number of aromatic nitrogens is 2. The molecule has 0 unspecified atom stereocenters. The van der Waals surface area contributed by atoms with Crippen LogP contribution in [0.5, 0.6) is 0 Å². The predicted molar refractivity (Wildman–Crippen MR) is 80.1 cm³/mol. The van der Waals surface area contributed by atoms with Crippen molar-refractivity contribution in [2.45, 2.75) is 13.5 Å². The van der Waals surface area contributed by atoms with Gasteiger partial charge >= 0.3 is 5.97 Å². The fourth-order valence-corrected chi connectivity index (χ4v) is 2.53. The Morgan fingerprint density at radius 1 is 1.48 bits per heavy atom. The van der Waals surface area contributed by atoms with Crippen LogP contribution in [0, 0.1) is 6.92 Å². The van der Waals surface area contributed by atoms with Crippen LogP contribution in [0.1, 0.15) is 25.8 Å². The Hall–Kier alpha value is -2.41. The Bertz CT molecular complexity index is 700. The van der Waals surface area contributed by atoms with Crippen molar-refractivity contribution < 1.29 is 14.7 Å². The molecule has 2 N–H and O–H groups in total. The summed E-state index contributed by atoms with van der Waals surface area (Å²) in [5.41, 5.74) is 1.97. The topological polar surface area (TPSA) is 84.2 Å². The van der Waals surface area contributed by atoms with Gasteiger partial charge in [0.05, 0.1) is 11.1 Å². The first-order chi connectivity index (χ1) is 9.97. The lowest BCUT2D eigenvalue weighted by atomic mass is 10.2. The molecule has 7 heteroatoms. The van der Waals surface area contributed by atoms with Gasteiger partial charge in [-0.2, -0.15) is 5.10 Å². The second-order valence-corrected chi connectivity index (χ2v) is 5.55. The van der Waals surface area contributed by atoms with Gasteiger partial charge < -0.3 is 10.4 Å². The fourth-order valence-electron chi connectivity index (χ4n) is 1.70. The largest absolute Gasteiger partial charge is 0.478 e. The number of aryl methyl sites for hydroxylation is 1. The number of carbonyl (C=O) groups excluding carboxylic acids is 1. The molecule has 2 heterocycles. The standard InChI is InChI=1S/C14H15N3O3S/c1-9-10(8-16-17(9)2)7-15-14(20)12-5-3-11(21-12)4-6-13(18)19/h3-6,8H,7H2,1-2H3,(H,15,20)(H,18,19)/b6-4+. The summed E-state index contributed by atoms with van der Waals surface area (Å²) in [7, 11) is 1.85. The first-order valence-corrected chi connectivity index (χ1v) is 7.05. The maximum atomic E-state index is 12.0. The van der Waals surface area contributed by atoms with Crippen LogP contribution in [-0.2, 0) is 18.4 Å². The molecule has 0 bridgehead atoms. The van der Waals surface area contributed by atoms with Crippen LogP contribution in [0.15, 0.2) is 24.4 Å². The van der Waals surface area contributed by atoms with E-state index in [0.717, 1.165) is 22.2 Å². The number of carboxylic acids is 1. The van der Waals surface area contributed by atoms with E-state index in [1.165, 1.54) is 17.4 Å². The molecule has 1 amide bonds. The summed E-state index contributed by atoms with van der Waals surface area (Å²) in [6.07, 6.45) is 4.24. The number of nitrogens with one attached hydrogen (secondary N) is 1. The van der Waals surface area contributed by atoms with E-state index in [0.29, 0.717) is 11.4 Å². The van der Waals surface area contributed by atoms with Crippen molar-refractivity contribution in [1.29, 1.82) is 0 Å². The number of carbonyl (C=O) groups is 2. The molecule has 2 aromatic rings. The Morgan fingerprint density at radius 2 is 2.24 bits per heavy atom. The summed E-state index contributed by atoms with van der Waals surface area (Å²) < 4.78 is 1.75. The van der Waals surface area contributed by atoms with Crippen molar-refractivity contribution in [1.82, 2.24) is 15.1 Å². The molecular weight excluding hydrogens is 290 g/mol. The third kappa shape index (κ3) is 3.79. The summed E-state index contributed by atoms with van der Waals surface area (Å²) in [5, 5.41) is 15.5. The highest BCUT2D eigenvalue weighted by molar-refractivity contribution is 7.14. The smallest absolute Gasteiger partial charge is 0.328 e. The molecule has 0 radical (unpaired) electrons. The predicted octanol–water partition coefficient (Wildman–Crippen LogP) is 1.82. The van der Waals surface area contributed by atoms with Gasteiger partial charge in [0.2, 0.25) is 0 Å². The van der Waals surface area contributed by atoms with Crippen molar-refractivity contribution in [3.8, 4) is 0 Å². The maximum absolute atomic E-state index is 12.0. The number of thiophene rings is 1. The minimum atomic E-state index is -1.01. The molecule has 6 nitrogen and oxygen atoms in total. The molecule has 0 spiro atoms. The number of hydrogen-bond acceptors (Lipinski definition) is 4. The zero-order valence-electron chi connectivity index (χ0n) is 11.7. The molecule has 0 atom stereocenters. The maximum Gasteiger partial charge on any atom is 0.328 e. The number of rotatable bonds is 5. The molecule has 0 aromatic carbocycles. The zero-order valence-corrected chi connectivity index (χ0v) is 12.5. The molecule has 2 rings (SSSR count). The number of hydrogen-bond donors (Lipinski definition) is 2. The van der Waals surface area contributed by atoms with Gasteiger partial charge in [-0.3, -0.25) is 9.48 Å². The molecule has 0 saturated heterocycles. The van der Waals surface area contributed by atoms with E-state index < -0.39 is 5.97 Å². The molecule has 0 aliphatic carbocycles. The van der Waals surface area contributed by atoms with Crippen LogP contribution in [0.2, 0.25) is 0 Å². The molecular formula is C14H15N3O3S. The Kier molecular flexibility index (Phi) is 4.54. The fraction of sp³-hybridized carbons (Fsp3) is 0.214. The average molecular weight is 305 g/mol. The van der Waals surface area contributed by atoms with E-state index in [1.54, 1.807) is 23.0 Å². The SMILES string of the molecule is Cc1c(CNC(=O)c2ccc(/C=C/C(=O)O)s2)cnn1C. The van der Waals surface area contributed by atoms with Crippen molar-refractivity contribution in [3.05, 3.63) is 45.4 Å². The number of aliphatic carboxylic acids is 1. The third-order valence-corrected chi connectivity index (χ3v) is 4.07. The van der Waals surface area contributed by atoms with Crippen molar-refractivity contribution >= 4 is 29.3 Å². The van der Waals surface area contributed by atoms with E-state index in [2.05, 4.69) is 10.4 Å². The quantitative estimate of drug-likeness (QED) is 0.825. The van der Waals surface area contributed by atoms with E-state index >= 15 is 0 Å². The van der Waals surface area contributed by atoms with E-state index in [-0.39, 0.29) is 5.91 Å². The van der Waals surface area contributed by atoms with Gasteiger partial charge in [0.25, 0.3) is 5.91 Å². The second kappa shape index (κ2) is 6.36. The van der Waals surface area contributed by atoms with Crippen molar-refractivity contribution in [3.63, 3.8) is 0 Å². The molecule has 110 valence electrons. The van der Waals surface area contributed by atoms with Crippen LogP contribution < -0.4 is 5.32 Å². The highest BCUT2D eigenvalue weighted by Gasteiger charge is 2.10. The van der Waals surface area contributed by atoms with Gasteiger partial charge in [-0.05, 0) is 25.1 Å². The van der Waals surface area contributed by atoms with E-state index in [9.17, 15) is 9.59 Å². The van der Waals surface area contributed by atoms with Crippen molar-refractivity contribution in [2.24, 2.45) is 7.05 Å². The minimum Gasteiger partial charge on any atom is -0.478 e. The normalized spacial score (nSPS) is 11.0. The second-order valence-electron chi connectivity index (χ2n) is 4.44. The van der Waals surface area contributed by atoms with E-state index in [4.69, 9.17) is 5.11 Å². The monoisotopic (exact) mass is 305 g/mol. The summed E-state index contributed by atoms with van der Waals surface area (Å²) in [6, 6.07) is 3.39. The lowest BCUT2D eigenvalue weighted by Crippen LogP contribution is -2.22. The average Bonchev–Trinajstić information content (AvgIpc) is 3.03. The summed E-state index contributed by atoms with van der Waals surface area (Å²) >= 11 is 1.24. The van der Waals surface area contributed by atoms with Crippen LogP contribution in [-0.4, -0.2) is 26.8 Å². The van der Waals surface area contributed by atoms with Gasteiger partial charge in [0, 0.05) is 35.8 Å². The molecule has 0 aliphatic rings. The van der Waals surface area contributed by atoms with Gasteiger partial charge in [-0.25, -0.2) is 4.79 Å². The molecule has 21 heavy (non-hydrogen) atoms. The van der Waals surface area contributed by atoms with E-state index in [1.807, 2.05) is 14.0 Å². The van der Waals surface area contributed by atoms with Gasteiger partial charge in [-0.1, -0.05) is 0 Å². The Labute approximate surface area is 125 Å². The Morgan fingerprint density at radius 3 is 2.86 bits per heavy atom. The summed E-state index contributed by atoms with van der Waals surface area (Å²) in [4.78, 5) is 23.7. The Balaban J connectivity index is 1.97. The van der Waals surface area contributed by atoms with Crippen LogP contribution in [0.3, 0.4) is 0 Å². The first-order valence-electron chi connectivity index (χ1n) is 6.24. The van der Waals surface area contributed by atoms with Crippen LogP contribution in [0.25, 0.3) is 6.08 Å². The lowest BCUT2D eigenvalue weighted by molar-refractivity contribution is -0.131. The minimum absolute atomic E-state index is 0.182. The zero-order chi connectivity index (χ0) is 15.4. The summed E-state index contributed by atoms with van der Waals surface area (Å²) in [5.74, 6) is -1.19. The molecule has 2 aromatic heterocycles.